The van der Waals surface area contributed by atoms with Crippen LogP contribution in [0.5, 0.6) is 0 Å². The number of pyridine rings is 1. The molecule has 0 saturated carbocycles. The summed E-state index contributed by atoms with van der Waals surface area (Å²) in [7, 11) is 2.10. The molecule has 2 rings (SSSR count). The van der Waals surface area contributed by atoms with Crippen LogP contribution in [0.4, 0.5) is 5.69 Å². The van der Waals surface area contributed by atoms with Crippen LogP contribution in [-0.2, 0) is 0 Å². The quantitative estimate of drug-likeness (QED) is 0.752. The fourth-order valence-electron chi connectivity index (χ4n) is 2.06. The lowest BCUT2D eigenvalue weighted by Crippen LogP contribution is -2.31. The lowest BCUT2D eigenvalue weighted by molar-refractivity contribution is 0.346. The number of hydrogen-bond donors (Lipinski definition) is 0. The third-order valence-corrected chi connectivity index (χ3v) is 3.31. The van der Waals surface area contributed by atoms with E-state index in [1.54, 1.807) is 6.20 Å². The summed E-state index contributed by atoms with van der Waals surface area (Å²) in [4.78, 5) is 8.73. The molecular weight excluding hydrogens is 222 g/mol. The van der Waals surface area contributed by atoms with Crippen molar-refractivity contribution in [2.45, 2.75) is 12.8 Å². The molecule has 1 saturated heterocycles. The first-order valence-corrected chi connectivity index (χ1v) is 6.18. The molecule has 1 aromatic rings. The summed E-state index contributed by atoms with van der Waals surface area (Å²) in [5.74, 6) is 0. The summed E-state index contributed by atoms with van der Waals surface area (Å²) in [6.07, 6.45) is 4.46. The lowest BCUT2D eigenvalue weighted by Gasteiger charge is -2.23. The van der Waals surface area contributed by atoms with E-state index in [4.69, 9.17) is 11.6 Å². The predicted octanol–water partition coefficient (Wildman–Crippen LogP) is 2.27. The van der Waals surface area contributed by atoms with Crippen molar-refractivity contribution in [3.05, 3.63) is 23.5 Å². The number of likely N-dealkylation sites (tertiary alicyclic amines) is 1. The van der Waals surface area contributed by atoms with Gasteiger partial charge in [0.2, 0.25) is 0 Å². The van der Waals surface area contributed by atoms with E-state index in [1.807, 2.05) is 12.1 Å². The van der Waals surface area contributed by atoms with Crippen LogP contribution in [0.2, 0.25) is 5.15 Å². The molecule has 2 heterocycles. The zero-order valence-electron chi connectivity index (χ0n) is 9.69. The third-order valence-electron chi connectivity index (χ3n) is 3.10. The summed E-state index contributed by atoms with van der Waals surface area (Å²) in [5.41, 5.74) is 1.14. The number of hydrogen-bond acceptors (Lipinski definition) is 3. The SMILES string of the molecule is CN(CCN1CCCC1)c1ccnc(Cl)c1. The van der Waals surface area contributed by atoms with Crippen LogP contribution in [-0.4, -0.2) is 43.1 Å². The maximum absolute atomic E-state index is 5.87. The minimum absolute atomic E-state index is 0.561. The van der Waals surface area contributed by atoms with Crippen LogP contribution >= 0.6 is 11.6 Å². The van der Waals surface area contributed by atoms with Crippen molar-refractivity contribution in [1.82, 2.24) is 9.88 Å². The molecular formula is C12H18ClN3. The highest BCUT2D eigenvalue weighted by Gasteiger charge is 2.11. The Labute approximate surface area is 102 Å². The van der Waals surface area contributed by atoms with E-state index in [2.05, 4.69) is 21.8 Å². The van der Waals surface area contributed by atoms with Crippen LogP contribution in [0.1, 0.15) is 12.8 Å². The summed E-state index contributed by atoms with van der Waals surface area (Å²) in [5, 5.41) is 0.561. The molecule has 88 valence electrons. The Balaban J connectivity index is 1.85. The molecule has 16 heavy (non-hydrogen) atoms. The first-order chi connectivity index (χ1) is 7.75. The summed E-state index contributed by atoms with van der Waals surface area (Å²) < 4.78 is 0. The Hall–Kier alpha value is -0.800. The van der Waals surface area contributed by atoms with Crippen LogP contribution in [0.25, 0.3) is 0 Å². The van der Waals surface area contributed by atoms with Gasteiger partial charge in [0.05, 0.1) is 0 Å². The molecule has 3 nitrogen and oxygen atoms in total. The van der Waals surface area contributed by atoms with Crippen molar-refractivity contribution in [1.29, 1.82) is 0 Å². The van der Waals surface area contributed by atoms with Crippen molar-refractivity contribution in [3.63, 3.8) is 0 Å². The number of nitrogens with zero attached hydrogens (tertiary/aromatic N) is 3. The van der Waals surface area contributed by atoms with Gasteiger partial charge in [0.15, 0.2) is 0 Å². The van der Waals surface area contributed by atoms with Crippen LogP contribution in [0.15, 0.2) is 18.3 Å². The highest BCUT2D eigenvalue weighted by atomic mass is 35.5. The Kier molecular flexibility index (Phi) is 4.02. The second-order valence-electron chi connectivity index (χ2n) is 4.31. The van der Waals surface area contributed by atoms with Gasteiger partial charge in [-0.2, -0.15) is 0 Å². The van der Waals surface area contributed by atoms with E-state index in [0.717, 1.165) is 18.8 Å². The monoisotopic (exact) mass is 239 g/mol. The Morgan fingerprint density at radius 3 is 2.88 bits per heavy atom. The zero-order valence-corrected chi connectivity index (χ0v) is 10.5. The predicted molar refractivity (Wildman–Crippen MR) is 68.2 cm³/mol. The van der Waals surface area contributed by atoms with Crippen LogP contribution in [0, 0.1) is 0 Å². The van der Waals surface area contributed by atoms with Gasteiger partial charge in [0.1, 0.15) is 5.15 Å². The smallest absolute Gasteiger partial charge is 0.131 e. The normalized spacial score (nSPS) is 16.6. The molecule has 0 aromatic carbocycles. The van der Waals surface area contributed by atoms with E-state index in [-0.39, 0.29) is 0 Å². The lowest BCUT2D eigenvalue weighted by atomic mass is 10.3. The van der Waals surface area contributed by atoms with E-state index in [0.29, 0.717) is 5.15 Å². The van der Waals surface area contributed by atoms with Crippen molar-refractivity contribution in [2.75, 3.05) is 38.1 Å². The van der Waals surface area contributed by atoms with Gasteiger partial charge in [-0.05, 0) is 38.1 Å². The molecule has 0 amide bonds. The maximum Gasteiger partial charge on any atom is 0.131 e. The average molecular weight is 240 g/mol. The second-order valence-corrected chi connectivity index (χ2v) is 4.69. The highest BCUT2D eigenvalue weighted by Crippen LogP contribution is 2.16. The number of likely N-dealkylation sites (N-methyl/N-ethyl adjacent to an activating group) is 1. The maximum atomic E-state index is 5.87. The van der Waals surface area contributed by atoms with Gasteiger partial charge in [-0.25, -0.2) is 4.98 Å². The molecule has 1 aliphatic rings. The molecule has 1 fully saturated rings. The number of anilines is 1. The highest BCUT2D eigenvalue weighted by molar-refractivity contribution is 6.29. The standard InChI is InChI=1S/C12H18ClN3/c1-15(8-9-16-6-2-3-7-16)11-4-5-14-12(13)10-11/h4-5,10H,2-3,6-9H2,1H3. The third kappa shape index (κ3) is 3.09. The summed E-state index contributed by atoms with van der Waals surface area (Å²) >= 11 is 5.87. The van der Waals surface area contributed by atoms with Crippen molar-refractivity contribution in [3.8, 4) is 0 Å². The van der Waals surface area contributed by atoms with E-state index < -0.39 is 0 Å². The Morgan fingerprint density at radius 1 is 1.44 bits per heavy atom. The molecule has 0 spiro atoms. The minimum atomic E-state index is 0.561. The van der Waals surface area contributed by atoms with E-state index >= 15 is 0 Å². The van der Waals surface area contributed by atoms with Crippen LogP contribution < -0.4 is 4.90 Å². The van der Waals surface area contributed by atoms with Crippen molar-refractivity contribution in [2.24, 2.45) is 0 Å². The van der Waals surface area contributed by atoms with Gasteiger partial charge < -0.3 is 9.80 Å². The van der Waals surface area contributed by atoms with Crippen LogP contribution in [0.3, 0.4) is 0 Å². The van der Waals surface area contributed by atoms with Gasteiger partial charge in [0, 0.05) is 32.0 Å². The second kappa shape index (κ2) is 5.51. The van der Waals surface area contributed by atoms with Gasteiger partial charge >= 0.3 is 0 Å². The number of rotatable bonds is 4. The average Bonchev–Trinajstić information content (AvgIpc) is 2.78. The molecule has 4 heteroatoms. The molecule has 0 N–H and O–H groups in total. The molecule has 0 bridgehead atoms. The number of halogens is 1. The first kappa shape index (κ1) is 11.7. The molecule has 1 aliphatic heterocycles. The fourth-order valence-corrected chi connectivity index (χ4v) is 2.22. The molecule has 0 aliphatic carbocycles. The van der Waals surface area contributed by atoms with E-state index in [1.165, 1.54) is 25.9 Å². The van der Waals surface area contributed by atoms with E-state index in [9.17, 15) is 0 Å². The van der Waals surface area contributed by atoms with Crippen molar-refractivity contribution >= 4 is 17.3 Å². The topological polar surface area (TPSA) is 19.4 Å². The molecule has 0 radical (unpaired) electrons. The van der Waals surface area contributed by atoms with Gasteiger partial charge in [-0.15, -0.1) is 0 Å². The summed E-state index contributed by atoms with van der Waals surface area (Å²) in [6.45, 7) is 4.69. The summed E-state index contributed by atoms with van der Waals surface area (Å²) in [6, 6.07) is 3.90. The first-order valence-electron chi connectivity index (χ1n) is 5.81. The van der Waals surface area contributed by atoms with Gasteiger partial charge in [-0.3, -0.25) is 0 Å². The number of aromatic nitrogens is 1. The molecule has 1 aromatic heterocycles. The van der Waals surface area contributed by atoms with Crippen molar-refractivity contribution < 1.29 is 0 Å². The minimum Gasteiger partial charge on any atom is -0.373 e. The Morgan fingerprint density at radius 2 is 2.19 bits per heavy atom. The zero-order chi connectivity index (χ0) is 11.4. The molecule has 0 unspecified atom stereocenters. The largest absolute Gasteiger partial charge is 0.373 e. The van der Waals surface area contributed by atoms with Gasteiger partial charge in [-0.1, -0.05) is 11.6 Å². The fraction of sp³-hybridized carbons (Fsp3) is 0.583. The molecule has 0 atom stereocenters. The Bertz CT molecular complexity index is 337. The van der Waals surface area contributed by atoms with Gasteiger partial charge in [0.25, 0.3) is 0 Å².